The van der Waals surface area contributed by atoms with E-state index in [1.165, 1.54) is 11.7 Å². The lowest BCUT2D eigenvalue weighted by atomic mass is 10.1. The minimum atomic E-state index is -0.790. The van der Waals surface area contributed by atoms with E-state index in [0.717, 1.165) is 0 Å². The number of hydrogen-bond donors (Lipinski definition) is 1. The number of esters is 2. The minimum Gasteiger partial charge on any atom is -0.459 e. The average Bonchev–Trinajstić information content (AvgIpc) is 2.99. The van der Waals surface area contributed by atoms with Crippen molar-refractivity contribution in [3.63, 3.8) is 0 Å². The monoisotopic (exact) mass is 418 g/mol. The molecule has 2 N–H and O–H groups in total. The van der Waals surface area contributed by atoms with Crippen LogP contribution in [0, 0.1) is 0 Å². The molecule has 0 spiro atoms. The number of hydrogen-bond acceptors (Lipinski definition) is 7. The molecule has 1 aromatic carbocycles. The van der Waals surface area contributed by atoms with Crippen molar-refractivity contribution in [2.75, 3.05) is 7.11 Å². The van der Waals surface area contributed by atoms with Crippen molar-refractivity contribution >= 4 is 28.9 Å². The fourth-order valence-corrected chi connectivity index (χ4v) is 3.07. The predicted octanol–water partition coefficient (Wildman–Crippen LogP) is 3.56. The van der Waals surface area contributed by atoms with Gasteiger partial charge in [0.1, 0.15) is 11.6 Å². The zero-order chi connectivity index (χ0) is 22.5. The van der Waals surface area contributed by atoms with Crippen molar-refractivity contribution in [2.24, 2.45) is 5.73 Å². The fourth-order valence-electron chi connectivity index (χ4n) is 3.07. The lowest BCUT2D eigenvalue weighted by Crippen LogP contribution is -2.37. The van der Waals surface area contributed by atoms with Gasteiger partial charge < -0.3 is 19.9 Å². The number of nitrogens with two attached hydrogens (primary N) is 1. The van der Waals surface area contributed by atoms with Crippen LogP contribution < -0.4 is 10.5 Å². The second-order valence-electron chi connectivity index (χ2n) is 7.96. The Morgan fingerprint density at radius 1 is 1.17 bits per heavy atom. The smallest absolute Gasteiger partial charge is 0.418 e. The molecule has 1 heterocycles. The third-order valence-electron chi connectivity index (χ3n) is 4.42. The van der Waals surface area contributed by atoms with Crippen LogP contribution in [0.4, 0.5) is 4.79 Å². The number of fused-ring (bicyclic) bond motifs is 1. The van der Waals surface area contributed by atoms with Gasteiger partial charge in [0.25, 0.3) is 0 Å². The summed E-state index contributed by atoms with van der Waals surface area (Å²) < 4.78 is 17.2. The SMILES string of the molecule is CCC(=O)Oc1c(CCCC(N)C(=O)OC(C)(C)C)n(C(=O)OC)c2ccccc12. The molecule has 1 unspecified atom stereocenters. The molecule has 0 aliphatic rings. The van der Waals surface area contributed by atoms with E-state index >= 15 is 0 Å². The summed E-state index contributed by atoms with van der Waals surface area (Å²) in [6, 6.07) is 6.33. The Kier molecular flexibility index (Phi) is 7.61. The molecular formula is C22H30N2O6. The molecule has 0 radical (unpaired) electrons. The van der Waals surface area contributed by atoms with E-state index in [1.807, 2.05) is 0 Å². The summed E-state index contributed by atoms with van der Waals surface area (Å²) >= 11 is 0. The molecule has 164 valence electrons. The van der Waals surface area contributed by atoms with Crippen molar-refractivity contribution in [2.45, 2.75) is 65.0 Å². The normalized spacial score (nSPS) is 12.5. The Morgan fingerprint density at radius 2 is 1.83 bits per heavy atom. The first-order chi connectivity index (χ1) is 14.1. The van der Waals surface area contributed by atoms with Crippen LogP contribution in [0.3, 0.4) is 0 Å². The number of para-hydroxylation sites is 1. The zero-order valence-corrected chi connectivity index (χ0v) is 18.2. The minimum absolute atomic E-state index is 0.195. The van der Waals surface area contributed by atoms with Gasteiger partial charge in [0, 0.05) is 11.8 Å². The molecule has 30 heavy (non-hydrogen) atoms. The van der Waals surface area contributed by atoms with Gasteiger partial charge in [-0.15, -0.1) is 0 Å². The van der Waals surface area contributed by atoms with Crippen molar-refractivity contribution < 1.29 is 28.6 Å². The largest absolute Gasteiger partial charge is 0.459 e. The van der Waals surface area contributed by atoms with Crippen LogP contribution in [0.25, 0.3) is 10.9 Å². The summed E-state index contributed by atoms with van der Waals surface area (Å²) in [5.41, 5.74) is 6.43. The van der Waals surface area contributed by atoms with Gasteiger partial charge in [-0.2, -0.15) is 0 Å². The summed E-state index contributed by atoms with van der Waals surface area (Å²) in [4.78, 5) is 36.6. The van der Waals surface area contributed by atoms with Gasteiger partial charge in [-0.25, -0.2) is 9.36 Å². The first kappa shape index (κ1) is 23.4. The molecule has 8 nitrogen and oxygen atoms in total. The molecule has 0 saturated heterocycles. The first-order valence-electron chi connectivity index (χ1n) is 9.98. The Bertz CT molecular complexity index is 926. The number of rotatable bonds is 7. The molecule has 1 atom stereocenters. The molecule has 1 aromatic heterocycles. The maximum Gasteiger partial charge on any atom is 0.418 e. The highest BCUT2D eigenvalue weighted by atomic mass is 16.6. The average molecular weight is 418 g/mol. The van der Waals surface area contributed by atoms with E-state index in [9.17, 15) is 14.4 Å². The number of carbonyl (C=O) groups is 3. The number of aromatic nitrogens is 1. The van der Waals surface area contributed by atoms with Crippen LogP contribution in [0.15, 0.2) is 24.3 Å². The van der Waals surface area contributed by atoms with Crippen molar-refractivity contribution in [1.82, 2.24) is 4.57 Å². The second-order valence-corrected chi connectivity index (χ2v) is 7.96. The van der Waals surface area contributed by atoms with E-state index in [-0.39, 0.29) is 6.42 Å². The summed E-state index contributed by atoms with van der Waals surface area (Å²) in [5.74, 6) is -0.559. The lowest BCUT2D eigenvalue weighted by Gasteiger charge is -2.22. The van der Waals surface area contributed by atoms with Gasteiger partial charge in [0.2, 0.25) is 0 Å². The van der Waals surface area contributed by atoms with Gasteiger partial charge >= 0.3 is 18.0 Å². The molecule has 8 heteroatoms. The molecule has 2 rings (SSSR count). The maximum absolute atomic E-state index is 12.5. The van der Waals surface area contributed by atoms with Crippen molar-refractivity contribution in [3.05, 3.63) is 30.0 Å². The standard InChI is InChI=1S/C22H30N2O6/c1-6-18(25)29-19-14-10-7-8-12-16(14)24(21(27)28-5)17(19)13-9-11-15(23)20(26)30-22(2,3)4/h7-8,10,12,15H,6,9,11,13,23H2,1-5H3. The summed E-state index contributed by atoms with van der Waals surface area (Å²) in [5, 5.41) is 0.635. The van der Waals surface area contributed by atoms with Crippen molar-refractivity contribution in [3.8, 4) is 5.75 Å². The van der Waals surface area contributed by atoms with Crippen LogP contribution in [-0.2, 0) is 25.5 Å². The summed E-state index contributed by atoms with van der Waals surface area (Å²) in [6.45, 7) is 7.03. The van der Waals surface area contributed by atoms with Crippen LogP contribution >= 0.6 is 0 Å². The number of benzene rings is 1. The number of nitrogens with zero attached hydrogens (tertiary/aromatic N) is 1. The fraction of sp³-hybridized carbons (Fsp3) is 0.500. The molecule has 0 bridgehead atoms. The summed E-state index contributed by atoms with van der Waals surface area (Å²) in [7, 11) is 1.29. The summed E-state index contributed by atoms with van der Waals surface area (Å²) in [6.07, 6.45) is 0.785. The van der Waals surface area contributed by atoms with Crippen LogP contribution in [0.1, 0.15) is 52.7 Å². The molecule has 0 amide bonds. The van der Waals surface area contributed by atoms with Crippen LogP contribution in [-0.4, -0.2) is 41.4 Å². The third-order valence-corrected chi connectivity index (χ3v) is 4.42. The van der Waals surface area contributed by atoms with Gasteiger partial charge in [0.05, 0.1) is 18.3 Å². The Hall–Kier alpha value is -2.87. The third kappa shape index (κ3) is 5.60. The van der Waals surface area contributed by atoms with Crippen LogP contribution in [0.2, 0.25) is 0 Å². The Morgan fingerprint density at radius 3 is 2.43 bits per heavy atom. The molecule has 0 aliphatic heterocycles. The Balaban J connectivity index is 2.32. The molecule has 0 fully saturated rings. The van der Waals surface area contributed by atoms with Gasteiger partial charge in [-0.3, -0.25) is 9.59 Å². The van der Waals surface area contributed by atoms with Gasteiger partial charge in [0.15, 0.2) is 5.75 Å². The van der Waals surface area contributed by atoms with E-state index in [0.29, 0.717) is 41.6 Å². The maximum atomic E-state index is 12.5. The Labute approximate surface area is 176 Å². The molecule has 0 aliphatic carbocycles. The number of methoxy groups -OCH3 is 1. The van der Waals surface area contributed by atoms with E-state index in [1.54, 1.807) is 52.0 Å². The van der Waals surface area contributed by atoms with E-state index < -0.39 is 29.7 Å². The molecule has 0 saturated carbocycles. The first-order valence-corrected chi connectivity index (χ1v) is 9.98. The number of ether oxygens (including phenoxy) is 3. The van der Waals surface area contributed by atoms with E-state index in [2.05, 4.69) is 0 Å². The van der Waals surface area contributed by atoms with Gasteiger partial charge in [-0.1, -0.05) is 19.1 Å². The molecular weight excluding hydrogens is 388 g/mol. The quantitative estimate of drug-likeness (QED) is 0.685. The zero-order valence-electron chi connectivity index (χ0n) is 18.2. The highest BCUT2D eigenvalue weighted by Crippen LogP contribution is 2.35. The topological polar surface area (TPSA) is 110 Å². The lowest BCUT2D eigenvalue weighted by molar-refractivity contribution is -0.156. The highest BCUT2D eigenvalue weighted by Gasteiger charge is 2.26. The van der Waals surface area contributed by atoms with Gasteiger partial charge in [-0.05, 0) is 52.2 Å². The number of carbonyl (C=O) groups excluding carboxylic acids is 3. The second kappa shape index (κ2) is 9.75. The molecule has 2 aromatic rings. The highest BCUT2D eigenvalue weighted by molar-refractivity contribution is 5.97. The van der Waals surface area contributed by atoms with E-state index in [4.69, 9.17) is 19.9 Å². The van der Waals surface area contributed by atoms with Crippen molar-refractivity contribution in [1.29, 1.82) is 0 Å². The predicted molar refractivity (Wildman–Crippen MR) is 112 cm³/mol. The van der Waals surface area contributed by atoms with Crippen LogP contribution in [0.5, 0.6) is 5.75 Å².